The molecule has 0 aliphatic carbocycles. The van der Waals surface area contributed by atoms with Gasteiger partial charge in [0.1, 0.15) is 0 Å². The molecule has 0 bridgehead atoms. The van der Waals surface area contributed by atoms with Gasteiger partial charge >= 0.3 is 5.97 Å². The number of aryl methyl sites for hydroxylation is 1. The van der Waals surface area contributed by atoms with E-state index < -0.39 is 5.97 Å². The number of carboxylic acids is 1. The maximum atomic E-state index is 10.7. The zero-order valence-corrected chi connectivity index (χ0v) is 11.1. The lowest BCUT2D eigenvalue weighted by molar-refractivity contribution is -0.137. The van der Waals surface area contributed by atoms with Gasteiger partial charge in [0.25, 0.3) is 0 Å². The lowest BCUT2D eigenvalue weighted by atomic mass is 9.80. The molecule has 18 heavy (non-hydrogen) atoms. The standard InChI is InChI=1S/C15H19NO2/c1-15(2,9-8-14(17)18)12-10-16(3)13-7-5-4-6-11(12)13/h4-7,10H,8-9H2,1-3H3,(H,17,18). The summed E-state index contributed by atoms with van der Waals surface area (Å²) in [5.74, 6) is -0.733. The van der Waals surface area contributed by atoms with Gasteiger partial charge in [0, 0.05) is 30.6 Å². The number of nitrogens with zero attached hydrogens (tertiary/aromatic N) is 1. The second-order valence-electron chi connectivity index (χ2n) is 5.45. The van der Waals surface area contributed by atoms with Crippen LogP contribution in [0.15, 0.2) is 30.5 Å². The van der Waals surface area contributed by atoms with E-state index in [0.717, 1.165) is 0 Å². The van der Waals surface area contributed by atoms with Crippen LogP contribution in [0.2, 0.25) is 0 Å². The first-order valence-corrected chi connectivity index (χ1v) is 6.18. The molecule has 0 aliphatic rings. The molecule has 2 rings (SSSR count). The van der Waals surface area contributed by atoms with Gasteiger partial charge in [-0.15, -0.1) is 0 Å². The van der Waals surface area contributed by atoms with E-state index in [1.54, 1.807) is 0 Å². The Labute approximate surface area is 107 Å². The number of hydrogen-bond donors (Lipinski definition) is 1. The third-order valence-electron chi connectivity index (χ3n) is 3.59. The van der Waals surface area contributed by atoms with Crippen molar-refractivity contribution in [1.82, 2.24) is 4.57 Å². The molecule has 96 valence electrons. The van der Waals surface area contributed by atoms with E-state index in [0.29, 0.717) is 6.42 Å². The summed E-state index contributed by atoms with van der Waals surface area (Å²) in [5, 5.41) is 10.1. The van der Waals surface area contributed by atoms with Crippen LogP contribution >= 0.6 is 0 Å². The number of aromatic nitrogens is 1. The van der Waals surface area contributed by atoms with Crippen molar-refractivity contribution in [2.75, 3.05) is 0 Å². The van der Waals surface area contributed by atoms with Crippen LogP contribution in [0.5, 0.6) is 0 Å². The van der Waals surface area contributed by atoms with Gasteiger partial charge < -0.3 is 9.67 Å². The topological polar surface area (TPSA) is 42.2 Å². The highest BCUT2D eigenvalue weighted by Gasteiger charge is 2.25. The fraction of sp³-hybridized carbons (Fsp3) is 0.400. The zero-order chi connectivity index (χ0) is 13.3. The quantitative estimate of drug-likeness (QED) is 0.897. The molecule has 0 radical (unpaired) electrons. The third-order valence-corrected chi connectivity index (χ3v) is 3.59. The highest BCUT2D eigenvalue weighted by atomic mass is 16.4. The second kappa shape index (κ2) is 4.48. The maximum absolute atomic E-state index is 10.7. The van der Waals surface area contributed by atoms with E-state index in [9.17, 15) is 4.79 Å². The van der Waals surface area contributed by atoms with Crippen LogP contribution in [0, 0.1) is 0 Å². The van der Waals surface area contributed by atoms with Crippen molar-refractivity contribution in [1.29, 1.82) is 0 Å². The van der Waals surface area contributed by atoms with Crippen LogP contribution in [0.3, 0.4) is 0 Å². The highest BCUT2D eigenvalue weighted by Crippen LogP contribution is 2.34. The monoisotopic (exact) mass is 245 g/mol. The van der Waals surface area contributed by atoms with E-state index in [4.69, 9.17) is 5.11 Å². The van der Waals surface area contributed by atoms with Gasteiger partial charge in [0.05, 0.1) is 0 Å². The molecule has 0 fully saturated rings. The van der Waals surface area contributed by atoms with Gasteiger partial charge in [-0.05, 0) is 23.5 Å². The number of benzene rings is 1. The van der Waals surface area contributed by atoms with Gasteiger partial charge in [-0.25, -0.2) is 0 Å². The van der Waals surface area contributed by atoms with Crippen molar-refractivity contribution in [3.8, 4) is 0 Å². The Kier molecular flexibility index (Phi) is 3.16. The van der Waals surface area contributed by atoms with Gasteiger partial charge in [0.15, 0.2) is 0 Å². The van der Waals surface area contributed by atoms with Crippen LogP contribution in [-0.2, 0) is 17.3 Å². The summed E-state index contributed by atoms with van der Waals surface area (Å²) in [6.45, 7) is 4.22. The van der Waals surface area contributed by atoms with Gasteiger partial charge in [-0.1, -0.05) is 32.0 Å². The Balaban J connectivity index is 2.43. The van der Waals surface area contributed by atoms with E-state index >= 15 is 0 Å². The lowest BCUT2D eigenvalue weighted by Crippen LogP contribution is -2.18. The van der Waals surface area contributed by atoms with Crippen LogP contribution in [-0.4, -0.2) is 15.6 Å². The largest absolute Gasteiger partial charge is 0.481 e. The van der Waals surface area contributed by atoms with Gasteiger partial charge in [-0.3, -0.25) is 4.79 Å². The van der Waals surface area contributed by atoms with Crippen molar-refractivity contribution >= 4 is 16.9 Å². The first-order valence-electron chi connectivity index (χ1n) is 6.18. The van der Waals surface area contributed by atoms with Crippen molar-refractivity contribution in [3.63, 3.8) is 0 Å². The Hall–Kier alpha value is -1.77. The first-order chi connectivity index (χ1) is 8.42. The van der Waals surface area contributed by atoms with Crippen molar-refractivity contribution in [3.05, 3.63) is 36.0 Å². The average molecular weight is 245 g/mol. The third kappa shape index (κ3) is 2.26. The molecule has 1 heterocycles. The summed E-state index contributed by atoms with van der Waals surface area (Å²) in [7, 11) is 2.03. The SMILES string of the molecule is Cn1cc(C(C)(C)CCC(=O)O)c2ccccc21. The van der Waals surface area contributed by atoms with Crippen molar-refractivity contribution in [2.45, 2.75) is 32.1 Å². The summed E-state index contributed by atoms with van der Waals surface area (Å²) in [4.78, 5) is 10.7. The normalized spacial score (nSPS) is 11.9. The molecule has 0 saturated carbocycles. The van der Waals surface area contributed by atoms with E-state index in [-0.39, 0.29) is 11.8 Å². The molecule has 0 amide bonds. The molecule has 1 aromatic heterocycles. The van der Waals surface area contributed by atoms with Crippen LogP contribution in [0.4, 0.5) is 0 Å². The Bertz CT molecular complexity index is 581. The molecule has 2 aromatic rings. The maximum Gasteiger partial charge on any atom is 0.303 e. The fourth-order valence-corrected chi connectivity index (χ4v) is 2.44. The van der Waals surface area contributed by atoms with Gasteiger partial charge in [-0.2, -0.15) is 0 Å². The predicted octanol–water partition coefficient (Wildman–Crippen LogP) is 3.32. The van der Waals surface area contributed by atoms with Crippen molar-refractivity contribution in [2.24, 2.45) is 7.05 Å². The van der Waals surface area contributed by atoms with Crippen LogP contribution in [0.1, 0.15) is 32.3 Å². The Morgan fingerprint density at radius 2 is 2.00 bits per heavy atom. The smallest absolute Gasteiger partial charge is 0.303 e. The molecule has 1 N–H and O–H groups in total. The molecule has 1 aromatic carbocycles. The lowest BCUT2D eigenvalue weighted by Gasteiger charge is -2.23. The molecule has 0 aliphatic heterocycles. The summed E-state index contributed by atoms with van der Waals surface area (Å²) in [5.41, 5.74) is 2.29. The highest BCUT2D eigenvalue weighted by molar-refractivity contribution is 5.85. The molecule has 0 spiro atoms. The summed E-state index contributed by atoms with van der Waals surface area (Å²) in [6.07, 6.45) is 2.97. The van der Waals surface area contributed by atoms with Crippen LogP contribution in [0.25, 0.3) is 10.9 Å². The molecular weight excluding hydrogens is 226 g/mol. The number of aliphatic carboxylic acids is 1. The number of rotatable bonds is 4. The minimum Gasteiger partial charge on any atom is -0.481 e. The van der Waals surface area contributed by atoms with Crippen LogP contribution < -0.4 is 0 Å². The molecule has 3 heteroatoms. The number of carbonyl (C=O) groups is 1. The average Bonchev–Trinajstić information content (AvgIpc) is 2.66. The first kappa shape index (κ1) is 12.7. The molecular formula is C15H19NO2. The van der Waals surface area contributed by atoms with E-state index in [2.05, 4.69) is 36.7 Å². The summed E-state index contributed by atoms with van der Waals surface area (Å²) < 4.78 is 2.10. The minimum absolute atomic E-state index is 0.126. The fourth-order valence-electron chi connectivity index (χ4n) is 2.44. The minimum atomic E-state index is -0.733. The molecule has 3 nitrogen and oxygen atoms in total. The Morgan fingerprint density at radius 3 is 2.67 bits per heavy atom. The summed E-state index contributed by atoms with van der Waals surface area (Å²) >= 11 is 0. The summed E-state index contributed by atoms with van der Waals surface area (Å²) in [6, 6.07) is 8.24. The van der Waals surface area contributed by atoms with Crippen molar-refractivity contribution < 1.29 is 9.90 Å². The number of fused-ring (bicyclic) bond motifs is 1. The second-order valence-corrected chi connectivity index (χ2v) is 5.45. The molecule has 0 saturated heterocycles. The zero-order valence-electron chi connectivity index (χ0n) is 11.1. The van der Waals surface area contributed by atoms with Gasteiger partial charge in [0.2, 0.25) is 0 Å². The Morgan fingerprint density at radius 1 is 1.33 bits per heavy atom. The molecule has 0 atom stereocenters. The predicted molar refractivity (Wildman–Crippen MR) is 72.8 cm³/mol. The number of para-hydroxylation sites is 1. The number of hydrogen-bond acceptors (Lipinski definition) is 1. The van der Waals surface area contributed by atoms with E-state index in [1.165, 1.54) is 16.5 Å². The number of carboxylic acid groups (broad SMARTS) is 1. The molecule has 0 unspecified atom stereocenters. The van der Waals surface area contributed by atoms with E-state index in [1.807, 2.05) is 19.2 Å².